The van der Waals surface area contributed by atoms with E-state index in [1.165, 1.54) is 15.7 Å². The standard InChI is InChI=1S/C25H28N4O5/c1-4-5-8-28-23(26)22(24(31)27-25(28)32)29(13-18-7-6-9-33-18)21(30)12-17-14-34-20-11-16(3)15(2)10-19(17)20/h6-7,9-11,14H,4-5,8,12-13,26H2,1-3H3,(H,27,31,32). The van der Waals surface area contributed by atoms with Gasteiger partial charge in [-0.25, -0.2) is 4.79 Å². The molecule has 3 heterocycles. The molecule has 1 amide bonds. The Kier molecular flexibility index (Phi) is 6.45. The maximum absolute atomic E-state index is 13.6. The van der Waals surface area contributed by atoms with Crippen molar-refractivity contribution in [3.8, 4) is 0 Å². The zero-order valence-corrected chi connectivity index (χ0v) is 19.5. The van der Waals surface area contributed by atoms with Crippen LogP contribution in [-0.4, -0.2) is 15.5 Å². The van der Waals surface area contributed by atoms with E-state index in [4.69, 9.17) is 14.6 Å². The number of nitrogens with zero attached hydrogens (tertiary/aromatic N) is 2. The van der Waals surface area contributed by atoms with E-state index in [0.717, 1.165) is 22.9 Å². The molecule has 34 heavy (non-hydrogen) atoms. The second-order valence-corrected chi connectivity index (χ2v) is 8.43. The number of carbonyl (C=O) groups is 1. The molecule has 0 unspecified atom stereocenters. The summed E-state index contributed by atoms with van der Waals surface area (Å²) in [7, 11) is 0. The number of nitrogens with two attached hydrogens (primary N) is 1. The Bertz CT molecular complexity index is 1440. The van der Waals surface area contributed by atoms with Gasteiger partial charge in [0.05, 0.1) is 25.5 Å². The number of aromatic nitrogens is 2. The van der Waals surface area contributed by atoms with Gasteiger partial charge < -0.3 is 14.6 Å². The highest BCUT2D eigenvalue weighted by Crippen LogP contribution is 2.27. The van der Waals surface area contributed by atoms with Crippen molar-refractivity contribution in [2.24, 2.45) is 0 Å². The number of unbranched alkanes of at least 4 members (excludes halogenated alkanes) is 1. The molecule has 1 aromatic carbocycles. The fourth-order valence-electron chi connectivity index (χ4n) is 3.96. The van der Waals surface area contributed by atoms with Crippen molar-refractivity contribution in [3.63, 3.8) is 0 Å². The lowest BCUT2D eigenvalue weighted by atomic mass is 10.0. The second-order valence-electron chi connectivity index (χ2n) is 8.43. The molecule has 3 aromatic heterocycles. The fourth-order valence-corrected chi connectivity index (χ4v) is 3.96. The molecule has 0 spiro atoms. The van der Waals surface area contributed by atoms with Gasteiger partial charge in [-0.1, -0.05) is 13.3 Å². The van der Waals surface area contributed by atoms with Crippen LogP contribution in [0.1, 0.15) is 42.2 Å². The van der Waals surface area contributed by atoms with E-state index >= 15 is 0 Å². The molecule has 0 saturated heterocycles. The fraction of sp³-hybridized carbons (Fsp3) is 0.320. The number of nitrogens with one attached hydrogen (secondary N) is 1. The van der Waals surface area contributed by atoms with Gasteiger partial charge in [-0.2, -0.15) is 0 Å². The Morgan fingerprint density at radius 2 is 1.94 bits per heavy atom. The monoisotopic (exact) mass is 464 g/mol. The summed E-state index contributed by atoms with van der Waals surface area (Å²) in [4.78, 5) is 42.4. The Balaban J connectivity index is 1.77. The first-order chi connectivity index (χ1) is 16.3. The number of aromatic amines is 1. The number of fused-ring (bicyclic) bond motifs is 1. The topological polar surface area (TPSA) is 127 Å². The van der Waals surface area contributed by atoms with Gasteiger partial charge >= 0.3 is 5.69 Å². The highest BCUT2D eigenvalue weighted by atomic mass is 16.3. The Morgan fingerprint density at radius 3 is 2.65 bits per heavy atom. The second kappa shape index (κ2) is 9.46. The summed E-state index contributed by atoms with van der Waals surface area (Å²) in [6.07, 6.45) is 4.55. The number of rotatable bonds is 8. The molecule has 0 saturated carbocycles. The van der Waals surface area contributed by atoms with Crippen molar-refractivity contribution >= 4 is 28.4 Å². The van der Waals surface area contributed by atoms with Crippen LogP contribution in [0.15, 0.2) is 55.2 Å². The summed E-state index contributed by atoms with van der Waals surface area (Å²) in [5.74, 6) is 0.0443. The van der Waals surface area contributed by atoms with E-state index in [9.17, 15) is 14.4 Å². The number of anilines is 2. The largest absolute Gasteiger partial charge is 0.467 e. The van der Waals surface area contributed by atoms with Crippen LogP contribution in [0.2, 0.25) is 0 Å². The first kappa shape index (κ1) is 23.2. The van der Waals surface area contributed by atoms with Gasteiger partial charge in [0.1, 0.15) is 17.2 Å². The predicted octanol–water partition coefficient (Wildman–Crippen LogP) is 3.65. The minimum absolute atomic E-state index is 0.0149. The highest BCUT2D eigenvalue weighted by Gasteiger charge is 2.26. The van der Waals surface area contributed by atoms with Gasteiger partial charge in [0.15, 0.2) is 5.69 Å². The molecular weight excluding hydrogens is 436 g/mol. The van der Waals surface area contributed by atoms with Gasteiger partial charge in [0, 0.05) is 17.5 Å². The molecule has 4 rings (SSSR count). The number of H-pyrrole nitrogens is 1. The Hall–Kier alpha value is -4.01. The summed E-state index contributed by atoms with van der Waals surface area (Å²) in [6, 6.07) is 7.32. The summed E-state index contributed by atoms with van der Waals surface area (Å²) >= 11 is 0. The van der Waals surface area contributed by atoms with Crippen molar-refractivity contribution in [1.29, 1.82) is 0 Å². The van der Waals surface area contributed by atoms with Crippen LogP contribution in [0.25, 0.3) is 11.0 Å². The van der Waals surface area contributed by atoms with E-state index in [1.54, 1.807) is 18.4 Å². The first-order valence-corrected chi connectivity index (χ1v) is 11.2. The molecule has 9 nitrogen and oxygen atoms in total. The molecule has 4 aromatic rings. The van der Waals surface area contributed by atoms with E-state index < -0.39 is 11.2 Å². The number of nitrogen functional groups attached to an aromatic ring is 1. The van der Waals surface area contributed by atoms with Gasteiger partial charge in [0.25, 0.3) is 5.56 Å². The average molecular weight is 465 g/mol. The quantitative estimate of drug-likeness (QED) is 0.410. The highest BCUT2D eigenvalue weighted by molar-refractivity contribution is 5.98. The number of amides is 1. The minimum Gasteiger partial charge on any atom is -0.467 e. The van der Waals surface area contributed by atoms with Gasteiger partial charge in [0.2, 0.25) is 5.91 Å². The zero-order valence-electron chi connectivity index (χ0n) is 19.5. The molecule has 178 valence electrons. The number of benzene rings is 1. The molecule has 0 bridgehead atoms. The zero-order chi connectivity index (χ0) is 24.4. The molecule has 0 aliphatic carbocycles. The summed E-state index contributed by atoms with van der Waals surface area (Å²) < 4.78 is 12.4. The Labute approximate surface area is 195 Å². The lowest BCUT2D eigenvalue weighted by Crippen LogP contribution is -2.41. The molecule has 0 aliphatic rings. The summed E-state index contributed by atoms with van der Waals surface area (Å²) in [6.45, 7) is 6.29. The van der Waals surface area contributed by atoms with Crippen molar-refractivity contribution in [2.45, 2.75) is 53.1 Å². The normalized spacial score (nSPS) is 11.3. The number of carbonyl (C=O) groups excluding carboxylic acids is 1. The van der Waals surface area contributed by atoms with Crippen LogP contribution in [0.3, 0.4) is 0 Å². The lowest BCUT2D eigenvalue weighted by Gasteiger charge is -2.23. The third-order valence-corrected chi connectivity index (χ3v) is 6.03. The van der Waals surface area contributed by atoms with Gasteiger partial charge in [-0.15, -0.1) is 0 Å². The Morgan fingerprint density at radius 1 is 1.18 bits per heavy atom. The smallest absolute Gasteiger partial charge is 0.330 e. The van der Waals surface area contributed by atoms with E-state index in [2.05, 4.69) is 4.98 Å². The van der Waals surface area contributed by atoms with Crippen molar-refractivity contribution < 1.29 is 13.6 Å². The maximum Gasteiger partial charge on any atom is 0.330 e. The van der Waals surface area contributed by atoms with Crippen LogP contribution in [0.4, 0.5) is 11.5 Å². The molecule has 9 heteroatoms. The van der Waals surface area contributed by atoms with E-state index in [1.807, 2.05) is 32.9 Å². The number of furan rings is 2. The lowest BCUT2D eigenvalue weighted by molar-refractivity contribution is -0.118. The van der Waals surface area contributed by atoms with Gasteiger partial charge in [-0.3, -0.25) is 24.0 Å². The van der Waals surface area contributed by atoms with Crippen LogP contribution >= 0.6 is 0 Å². The summed E-state index contributed by atoms with van der Waals surface area (Å²) in [5, 5.41) is 0.837. The number of hydrogen-bond acceptors (Lipinski definition) is 6. The van der Waals surface area contributed by atoms with Crippen LogP contribution in [-0.2, 0) is 24.3 Å². The third kappa shape index (κ3) is 4.41. The molecule has 3 N–H and O–H groups in total. The molecule has 0 radical (unpaired) electrons. The van der Waals surface area contributed by atoms with Gasteiger partial charge in [-0.05, 0) is 55.7 Å². The van der Waals surface area contributed by atoms with E-state index in [-0.39, 0.29) is 30.4 Å². The molecular formula is C25H28N4O5. The number of hydrogen-bond donors (Lipinski definition) is 2. The maximum atomic E-state index is 13.6. The number of aryl methyl sites for hydroxylation is 2. The predicted molar refractivity (Wildman–Crippen MR) is 130 cm³/mol. The molecule has 0 aliphatic heterocycles. The van der Waals surface area contributed by atoms with Crippen molar-refractivity contribution in [3.05, 3.63) is 80.1 Å². The van der Waals surface area contributed by atoms with Crippen molar-refractivity contribution in [1.82, 2.24) is 9.55 Å². The van der Waals surface area contributed by atoms with Crippen LogP contribution < -0.4 is 21.9 Å². The minimum atomic E-state index is -0.723. The van der Waals surface area contributed by atoms with Crippen LogP contribution in [0.5, 0.6) is 0 Å². The third-order valence-electron chi connectivity index (χ3n) is 6.03. The van der Waals surface area contributed by atoms with Crippen LogP contribution in [0, 0.1) is 13.8 Å². The molecule has 0 fully saturated rings. The first-order valence-electron chi connectivity index (χ1n) is 11.2. The summed E-state index contributed by atoms with van der Waals surface area (Å²) in [5.41, 5.74) is 8.46. The van der Waals surface area contributed by atoms with E-state index in [0.29, 0.717) is 29.9 Å². The molecule has 0 atom stereocenters. The average Bonchev–Trinajstić information content (AvgIpc) is 3.43. The SMILES string of the molecule is CCCCn1c(N)c(N(Cc2ccco2)C(=O)Cc2coc3cc(C)c(C)cc23)c(=O)[nH]c1=O. The van der Waals surface area contributed by atoms with Crippen molar-refractivity contribution in [2.75, 3.05) is 10.6 Å².